The minimum atomic E-state index is 0.361. The minimum absolute atomic E-state index is 0.361. The molecule has 2 fully saturated rings. The lowest BCUT2D eigenvalue weighted by Gasteiger charge is -2.23. The maximum absolute atomic E-state index is 9.21. The van der Waals surface area contributed by atoms with Gasteiger partial charge in [-0.05, 0) is 38.8 Å². The van der Waals surface area contributed by atoms with Gasteiger partial charge in [-0.15, -0.1) is 0 Å². The van der Waals surface area contributed by atoms with Crippen LogP contribution in [0.15, 0.2) is 0 Å². The highest BCUT2D eigenvalue weighted by Crippen LogP contribution is 2.26. The minimum Gasteiger partial charge on any atom is -0.396 e. The van der Waals surface area contributed by atoms with Gasteiger partial charge in [0.15, 0.2) is 0 Å². The zero-order chi connectivity index (χ0) is 9.97. The summed E-state index contributed by atoms with van der Waals surface area (Å²) in [5.41, 5.74) is 0. The van der Waals surface area contributed by atoms with E-state index >= 15 is 0 Å². The summed E-state index contributed by atoms with van der Waals surface area (Å²) in [7, 11) is 2.18. The number of aliphatic hydroxyl groups is 1. The second-order valence-corrected chi connectivity index (χ2v) is 4.89. The molecule has 1 heterocycles. The Labute approximate surface area is 86.5 Å². The fourth-order valence-electron chi connectivity index (χ4n) is 2.85. The quantitative estimate of drug-likeness (QED) is 0.691. The molecule has 1 aliphatic heterocycles. The highest BCUT2D eigenvalue weighted by atomic mass is 16.3. The Morgan fingerprint density at radius 3 is 2.86 bits per heavy atom. The van der Waals surface area contributed by atoms with E-state index in [9.17, 15) is 5.11 Å². The van der Waals surface area contributed by atoms with Gasteiger partial charge in [0.25, 0.3) is 0 Å². The van der Waals surface area contributed by atoms with Gasteiger partial charge in [-0.25, -0.2) is 0 Å². The van der Waals surface area contributed by atoms with E-state index in [1.807, 2.05) is 0 Å². The molecule has 2 aliphatic rings. The lowest BCUT2D eigenvalue weighted by molar-refractivity contribution is 0.199. The van der Waals surface area contributed by atoms with Gasteiger partial charge in [-0.2, -0.15) is 0 Å². The predicted molar refractivity (Wildman–Crippen MR) is 57.3 cm³/mol. The van der Waals surface area contributed by atoms with Gasteiger partial charge in [-0.3, -0.25) is 0 Å². The van der Waals surface area contributed by atoms with Crippen LogP contribution in [-0.2, 0) is 0 Å². The molecule has 0 aromatic rings. The highest BCUT2D eigenvalue weighted by molar-refractivity contribution is 4.88. The van der Waals surface area contributed by atoms with Crippen LogP contribution in [0.25, 0.3) is 0 Å². The number of aliphatic hydroxyl groups excluding tert-OH is 1. The van der Waals surface area contributed by atoms with E-state index in [0.717, 1.165) is 0 Å². The first-order valence-corrected chi connectivity index (χ1v) is 5.85. The molecule has 14 heavy (non-hydrogen) atoms. The average molecular weight is 198 g/mol. The van der Waals surface area contributed by atoms with E-state index in [2.05, 4.69) is 17.3 Å². The van der Waals surface area contributed by atoms with E-state index in [0.29, 0.717) is 24.6 Å². The Hall–Kier alpha value is -0.120. The average Bonchev–Trinajstić information content (AvgIpc) is 2.76. The summed E-state index contributed by atoms with van der Waals surface area (Å²) >= 11 is 0. The summed E-state index contributed by atoms with van der Waals surface area (Å²) in [5, 5.41) is 12.9. The maximum Gasteiger partial charge on any atom is 0.0474 e. The third-order valence-electron chi connectivity index (χ3n) is 3.73. The fraction of sp³-hybridized carbons (Fsp3) is 1.00. The molecule has 3 nitrogen and oxygen atoms in total. The van der Waals surface area contributed by atoms with Crippen molar-refractivity contribution in [2.24, 2.45) is 5.92 Å². The van der Waals surface area contributed by atoms with Crippen LogP contribution < -0.4 is 5.32 Å². The van der Waals surface area contributed by atoms with Gasteiger partial charge >= 0.3 is 0 Å². The Morgan fingerprint density at radius 2 is 2.21 bits per heavy atom. The molecule has 0 spiro atoms. The lowest BCUT2D eigenvalue weighted by Crippen LogP contribution is -2.42. The molecule has 0 bridgehead atoms. The Kier molecular flexibility index (Phi) is 3.42. The van der Waals surface area contributed by atoms with E-state index < -0.39 is 0 Å². The molecule has 2 N–H and O–H groups in total. The van der Waals surface area contributed by atoms with Crippen LogP contribution in [0.1, 0.15) is 25.7 Å². The van der Waals surface area contributed by atoms with E-state index in [1.165, 1.54) is 38.8 Å². The van der Waals surface area contributed by atoms with Crippen molar-refractivity contribution in [2.75, 3.05) is 26.7 Å². The van der Waals surface area contributed by atoms with Crippen LogP contribution in [0.4, 0.5) is 0 Å². The topological polar surface area (TPSA) is 35.5 Å². The smallest absolute Gasteiger partial charge is 0.0474 e. The molecule has 3 atom stereocenters. The number of likely N-dealkylation sites (tertiary alicyclic amines) is 1. The van der Waals surface area contributed by atoms with Crippen molar-refractivity contribution in [1.29, 1.82) is 0 Å². The number of hydrogen-bond acceptors (Lipinski definition) is 3. The van der Waals surface area contributed by atoms with E-state index in [4.69, 9.17) is 0 Å². The van der Waals surface area contributed by atoms with Crippen molar-refractivity contribution in [2.45, 2.75) is 37.8 Å². The van der Waals surface area contributed by atoms with Gasteiger partial charge in [0.1, 0.15) is 0 Å². The number of nitrogens with zero attached hydrogens (tertiary/aromatic N) is 1. The van der Waals surface area contributed by atoms with Gasteiger partial charge < -0.3 is 15.3 Å². The summed E-state index contributed by atoms with van der Waals surface area (Å²) in [4.78, 5) is 2.38. The Morgan fingerprint density at radius 1 is 1.36 bits per heavy atom. The van der Waals surface area contributed by atoms with E-state index in [1.54, 1.807) is 0 Å². The number of rotatable bonds is 3. The molecule has 3 heteroatoms. The SMILES string of the molecule is CN1CCC(NC2CCCC2CO)C1. The van der Waals surface area contributed by atoms with Gasteiger partial charge in [0, 0.05) is 25.2 Å². The van der Waals surface area contributed by atoms with Crippen molar-refractivity contribution < 1.29 is 5.11 Å². The summed E-state index contributed by atoms with van der Waals surface area (Å²) in [5.74, 6) is 0.515. The van der Waals surface area contributed by atoms with Crippen molar-refractivity contribution >= 4 is 0 Å². The maximum atomic E-state index is 9.21. The van der Waals surface area contributed by atoms with Crippen molar-refractivity contribution in [3.8, 4) is 0 Å². The number of likely N-dealkylation sites (N-methyl/N-ethyl adjacent to an activating group) is 1. The van der Waals surface area contributed by atoms with Crippen LogP contribution in [0.3, 0.4) is 0 Å². The van der Waals surface area contributed by atoms with Crippen molar-refractivity contribution in [3.05, 3.63) is 0 Å². The standard InChI is InChI=1S/C11H22N2O/c1-13-6-5-10(7-13)12-11-4-2-3-9(11)8-14/h9-12,14H,2-8H2,1H3. The van der Waals surface area contributed by atoms with Gasteiger partial charge in [-0.1, -0.05) is 6.42 Å². The van der Waals surface area contributed by atoms with E-state index in [-0.39, 0.29) is 0 Å². The molecule has 2 rings (SSSR count). The van der Waals surface area contributed by atoms with Crippen LogP contribution >= 0.6 is 0 Å². The summed E-state index contributed by atoms with van der Waals surface area (Å²) in [6.07, 6.45) is 5.01. The molecule has 0 radical (unpaired) electrons. The third kappa shape index (κ3) is 2.27. The monoisotopic (exact) mass is 198 g/mol. The molecule has 82 valence electrons. The number of nitrogens with one attached hydrogen (secondary N) is 1. The molecule has 1 saturated heterocycles. The molecule has 1 aliphatic carbocycles. The lowest BCUT2D eigenvalue weighted by atomic mass is 10.0. The first-order chi connectivity index (χ1) is 6.79. The number of hydrogen-bond donors (Lipinski definition) is 2. The molecular formula is C11H22N2O. The molecule has 3 unspecified atom stereocenters. The van der Waals surface area contributed by atoms with Gasteiger partial charge in [0.2, 0.25) is 0 Å². The highest BCUT2D eigenvalue weighted by Gasteiger charge is 2.30. The molecule has 0 aromatic carbocycles. The van der Waals surface area contributed by atoms with Crippen molar-refractivity contribution in [3.63, 3.8) is 0 Å². The molecule has 1 saturated carbocycles. The fourth-order valence-corrected chi connectivity index (χ4v) is 2.85. The van der Waals surface area contributed by atoms with Crippen LogP contribution in [0.5, 0.6) is 0 Å². The Balaban J connectivity index is 1.79. The predicted octanol–water partition coefficient (Wildman–Crippen LogP) is 0.441. The van der Waals surface area contributed by atoms with Crippen molar-refractivity contribution in [1.82, 2.24) is 10.2 Å². The van der Waals surface area contributed by atoms with Crippen LogP contribution in [0, 0.1) is 5.92 Å². The van der Waals surface area contributed by atoms with Gasteiger partial charge in [0.05, 0.1) is 0 Å². The third-order valence-corrected chi connectivity index (χ3v) is 3.73. The first-order valence-electron chi connectivity index (χ1n) is 5.85. The van der Waals surface area contributed by atoms with Crippen LogP contribution in [0.2, 0.25) is 0 Å². The van der Waals surface area contributed by atoms with Crippen LogP contribution in [-0.4, -0.2) is 48.8 Å². The molecule has 0 amide bonds. The molecule has 0 aromatic heterocycles. The normalized spacial score (nSPS) is 39.4. The second kappa shape index (κ2) is 4.60. The molecular weight excluding hydrogens is 176 g/mol. The summed E-state index contributed by atoms with van der Waals surface area (Å²) in [6, 6.07) is 1.24. The largest absolute Gasteiger partial charge is 0.396 e. The Bertz CT molecular complexity index is 186. The zero-order valence-corrected chi connectivity index (χ0v) is 9.08. The summed E-state index contributed by atoms with van der Waals surface area (Å²) in [6.45, 7) is 2.75. The zero-order valence-electron chi connectivity index (χ0n) is 9.08. The first kappa shape index (κ1) is 10.4. The summed E-state index contributed by atoms with van der Waals surface area (Å²) < 4.78 is 0. The second-order valence-electron chi connectivity index (χ2n) is 4.89.